The van der Waals surface area contributed by atoms with Gasteiger partial charge in [-0.3, -0.25) is 4.79 Å². The maximum atomic E-state index is 12.9. The number of halogens is 1. The highest BCUT2D eigenvalue weighted by atomic mass is 79.9. The smallest absolute Gasteiger partial charge is 0.253 e. The summed E-state index contributed by atoms with van der Waals surface area (Å²) in [6.07, 6.45) is 1.97. The first-order valence-electron chi connectivity index (χ1n) is 9.06. The zero-order chi connectivity index (χ0) is 19.4. The van der Waals surface area contributed by atoms with E-state index in [-0.39, 0.29) is 5.91 Å². The zero-order valence-corrected chi connectivity index (χ0v) is 17.7. The molecule has 0 aromatic heterocycles. The molecule has 0 N–H and O–H groups in total. The van der Waals surface area contributed by atoms with Crippen LogP contribution < -0.4 is 0 Å². The van der Waals surface area contributed by atoms with E-state index >= 15 is 0 Å². The van der Waals surface area contributed by atoms with Gasteiger partial charge in [0.2, 0.25) is 10.0 Å². The Balaban J connectivity index is 1.65. The minimum atomic E-state index is -3.52. The van der Waals surface area contributed by atoms with Crippen molar-refractivity contribution in [2.45, 2.75) is 24.7 Å². The molecule has 2 aromatic carbocycles. The summed E-state index contributed by atoms with van der Waals surface area (Å²) < 4.78 is 28.1. The second kappa shape index (κ2) is 8.54. The third-order valence-corrected chi connectivity index (χ3v) is 7.16. The monoisotopic (exact) mass is 450 g/mol. The summed E-state index contributed by atoms with van der Waals surface area (Å²) in [7, 11) is -3.52. The van der Waals surface area contributed by atoms with Crippen molar-refractivity contribution >= 4 is 31.9 Å². The number of piperazine rings is 1. The molecule has 0 saturated carbocycles. The van der Waals surface area contributed by atoms with E-state index in [2.05, 4.69) is 22.9 Å². The molecule has 1 amide bonds. The van der Waals surface area contributed by atoms with Crippen LogP contribution in [0, 0.1) is 0 Å². The number of hydrogen-bond acceptors (Lipinski definition) is 3. The van der Waals surface area contributed by atoms with E-state index < -0.39 is 10.0 Å². The summed E-state index contributed by atoms with van der Waals surface area (Å²) in [4.78, 5) is 14.6. The summed E-state index contributed by atoms with van der Waals surface area (Å²) in [5.41, 5.74) is 1.75. The van der Waals surface area contributed by atoms with E-state index in [0.29, 0.717) is 36.6 Å². The molecule has 1 heterocycles. The molecule has 0 bridgehead atoms. The molecule has 0 atom stereocenters. The predicted octanol–water partition coefficient (Wildman–Crippen LogP) is 3.55. The lowest BCUT2D eigenvalue weighted by Gasteiger charge is -2.34. The van der Waals surface area contributed by atoms with Crippen LogP contribution in [-0.4, -0.2) is 49.7 Å². The van der Waals surface area contributed by atoms with E-state index in [1.54, 1.807) is 29.2 Å². The fraction of sp³-hybridized carbons (Fsp3) is 0.350. The molecule has 0 aliphatic carbocycles. The number of benzene rings is 2. The van der Waals surface area contributed by atoms with Gasteiger partial charge < -0.3 is 4.90 Å². The van der Waals surface area contributed by atoms with Crippen LogP contribution in [0.3, 0.4) is 0 Å². The van der Waals surface area contributed by atoms with E-state index in [1.165, 1.54) is 4.31 Å². The number of aryl methyl sites for hydroxylation is 1. The molecule has 0 radical (unpaired) electrons. The van der Waals surface area contributed by atoms with Gasteiger partial charge in [-0.25, -0.2) is 8.42 Å². The first-order valence-corrected chi connectivity index (χ1v) is 11.3. The lowest BCUT2D eigenvalue weighted by atomic mass is 10.1. The Morgan fingerprint density at radius 2 is 1.56 bits per heavy atom. The Morgan fingerprint density at radius 3 is 2.11 bits per heavy atom. The Morgan fingerprint density at radius 1 is 0.963 bits per heavy atom. The first kappa shape index (κ1) is 20.0. The fourth-order valence-electron chi connectivity index (χ4n) is 3.17. The Hall–Kier alpha value is -1.70. The lowest BCUT2D eigenvalue weighted by Crippen LogP contribution is -2.50. The molecule has 3 rings (SSSR count). The molecule has 1 aliphatic rings. The first-order chi connectivity index (χ1) is 12.9. The minimum Gasteiger partial charge on any atom is -0.336 e. The number of amides is 1. The van der Waals surface area contributed by atoms with Gasteiger partial charge in [-0.1, -0.05) is 41.4 Å². The summed E-state index contributed by atoms with van der Waals surface area (Å²) in [5.74, 6) is -0.0662. The quantitative estimate of drug-likeness (QED) is 0.699. The molecule has 1 aliphatic heterocycles. The van der Waals surface area contributed by atoms with Crippen LogP contribution in [0.1, 0.15) is 29.3 Å². The molecular formula is C20H23BrN2O3S. The van der Waals surface area contributed by atoms with Gasteiger partial charge in [-0.15, -0.1) is 0 Å². The van der Waals surface area contributed by atoms with E-state index in [0.717, 1.165) is 22.9 Å². The van der Waals surface area contributed by atoms with Crippen molar-refractivity contribution in [1.29, 1.82) is 0 Å². The van der Waals surface area contributed by atoms with Crippen LogP contribution in [0.25, 0.3) is 0 Å². The molecule has 5 nitrogen and oxygen atoms in total. The second-order valence-electron chi connectivity index (χ2n) is 6.60. The summed E-state index contributed by atoms with van der Waals surface area (Å²) in [6.45, 7) is 3.49. The lowest BCUT2D eigenvalue weighted by molar-refractivity contribution is 0.0698. The number of nitrogens with zero attached hydrogens (tertiary/aromatic N) is 2. The maximum absolute atomic E-state index is 12.9. The van der Waals surface area contributed by atoms with Gasteiger partial charge in [0.25, 0.3) is 5.91 Å². The van der Waals surface area contributed by atoms with Crippen LogP contribution in [0.15, 0.2) is 57.9 Å². The minimum absolute atomic E-state index is 0.0662. The van der Waals surface area contributed by atoms with Gasteiger partial charge in [0, 0.05) is 36.2 Å². The Bertz CT molecular complexity index is 888. The van der Waals surface area contributed by atoms with Gasteiger partial charge in [0.1, 0.15) is 0 Å². The van der Waals surface area contributed by atoms with Crippen LogP contribution in [0.2, 0.25) is 0 Å². The molecule has 0 spiro atoms. The number of hydrogen-bond donors (Lipinski definition) is 0. The van der Waals surface area contributed by atoms with Crippen molar-refractivity contribution in [1.82, 2.24) is 9.21 Å². The second-order valence-corrected chi connectivity index (χ2v) is 9.45. The molecule has 2 aromatic rings. The van der Waals surface area contributed by atoms with Crippen molar-refractivity contribution in [3.8, 4) is 0 Å². The maximum Gasteiger partial charge on any atom is 0.253 e. The average molecular weight is 451 g/mol. The zero-order valence-electron chi connectivity index (χ0n) is 15.3. The summed E-state index contributed by atoms with van der Waals surface area (Å²) >= 11 is 3.36. The molecule has 144 valence electrons. The van der Waals surface area contributed by atoms with Crippen molar-refractivity contribution in [2.24, 2.45) is 0 Å². The van der Waals surface area contributed by atoms with Crippen LogP contribution in [0.4, 0.5) is 0 Å². The Labute approximate surface area is 169 Å². The molecule has 27 heavy (non-hydrogen) atoms. The van der Waals surface area contributed by atoms with Crippen LogP contribution in [-0.2, 0) is 16.4 Å². The van der Waals surface area contributed by atoms with Crippen molar-refractivity contribution in [3.05, 3.63) is 64.1 Å². The SMILES string of the molecule is CCCc1ccc(S(=O)(=O)N2CCN(C(=O)c3ccc(Br)cc3)CC2)cc1. The van der Waals surface area contributed by atoms with Crippen LogP contribution >= 0.6 is 15.9 Å². The van der Waals surface area contributed by atoms with Gasteiger partial charge in [-0.2, -0.15) is 4.31 Å². The van der Waals surface area contributed by atoms with Gasteiger partial charge >= 0.3 is 0 Å². The van der Waals surface area contributed by atoms with Crippen molar-refractivity contribution in [2.75, 3.05) is 26.2 Å². The molecule has 0 unspecified atom stereocenters. The highest BCUT2D eigenvalue weighted by molar-refractivity contribution is 9.10. The van der Waals surface area contributed by atoms with Gasteiger partial charge in [0.15, 0.2) is 0 Å². The topological polar surface area (TPSA) is 57.7 Å². The number of sulfonamides is 1. The molecule has 1 fully saturated rings. The van der Waals surface area contributed by atoms with E-state index in [4.69, 9.17) is 0 Å². The highest BCUT2D eigenvalue weighted by Gasteiger charge is 2.30. The van der Waals surface area contributed by atoms with Gasteiger partial charge in [0.05, 0.1) is 4.90 Å². The van der Waals surface area contributed by atoms with Crippen LogP contribution in [0.5, 0.6) is 0 Å². The number of carbonyl (C=O) groups is 1. The molecule has 1 saturated heterocycles. The fourth-order valence-corrected chi connectivity index (χ4v) is 4.86. The number of carbonyl (C=O) groups excluding carboxylic acids is 1. The third-order valence-electron chi connectivity index (χ3n) is 4.72. The Kier molecular flexibility index (Phi) is 6.34. The highest BCUT2D eigenvalue weighted by Crippen LogP contribution is 2.20. The third kappa shape index (κ3) is 4.59. The molecular weight excluding hydrogens is 428 g/mol. The summed E-state index contributed by atoms with van der Waals surface area (Å²) in [5, 5.41) is 0. The normalized spacial score (nSPS) is 15.7. The predicted molar refractivity (Wildman–Crippen MR) is 109 cm³/mol. The standard InChI is InChI=1S/C20H23BrN2O3S/c1-2-3-16-4-10-19(11-5-16)27(25,26)23-14-12-22(13-15-23)20(24)17-6-8-18(21)9-7-17/h4-11H,2-3,12-15H2,1H3. The van der Waals surface area contributed by atoms with E-state index in [9.17, 15) is 13.2 Å². The van der Waals surface area contributed by atoms with E-state index in [1.807, 2.05) is 24.3 Å². The summed E-state index contributed by atoms with van der Waals surface area (Å²) in [6, 6.07) is 14.3. The number of rotatable bonds is 5. The molecule has 7 heteroatoms. The largest absolute Gasteiger partial charge is 0.336 e. The average Bonchev–Trinajstić information content (AvgIpc) is 2.69. The van der Waals surface area contributed by atoms with Gasteiger partial charge in [-0.05, 0) is 48.4 Å². The van der Waals surface area contributed by atoms with Crippen molar-refractivity contribution in [3.63, 3.8) is 0 Å². The van der Waals surface area contributed by atoms with Crippen molar-refractivity contribution < 1.29 is 13.2 Å².